The SMILES string of the molecule is C[C@@H]1CN(C(=O)COc2ccccc2)C[C@H](C)O1. The van der Waals surface area contributed by atoms with E-state index < -0.39 is 0 Å². The van der Waals surface area contributed by atoms with E-state index in [1.807, 2.05) is 49.1 Å². The number of hydrogen-bond donors (Lipinski definition) is 0. The van der Waals surface area contributed by atoms with Crippen molar-refractivity contribution in [1.82, 2.24) is 4.90 Å². The highest BCUT2D eigenvalue weighted by Gasteiger charge is 2.25. The van der Waals surface area contributed by atoms with Gasteiger partial charge in [0.25, 0.3) is 5.91 Å². The fourth-order valence-corrected chi connectivity index (χ4v) is 2.13. The Morgan fingerprint density at radius 2 is 1.89 bits per heavy atom. The topological polar surface area (TPSA) is 38.8 Å². The van der Waals surface area contributed by atoms with Crippen LogP contribution in [0.4, 0.5) is 0 Å². The van der Waals surface area contributed by atoms with Crippen molar-refractivity contribution in [2.75, 3.05) is 19.7 Å². The molecule has 0 unspecified atom stereocenters. The number of morpholine rings is 1. The summed E-state index contributed by atoms with van der Waals surface area (Å²) in [7, 11) is 0. The van der Waals surface area contributed by atoms with Crippen molar-refractivity contribution in [3.05, 3.63) is 30.3 Å². The van der Waals surface area contributed by atoms with E-state index >= 15 is 0 Å². The molecule has 0 bridgehead atoms. The Balaban J connectivity index is 1.84. The van der Waals surface area contributed by atoms with E-state index in [-0.39, 0.29) is 24.7 Å². The van der Waals surface area contributed by atoms with Crippen LogP contribution in [-0.2, 0) is 9.53 Å². The van der Waals surface area contributed by atoms with Gasteiger partial charge in [0.1, 0.15) is 5.75 Å². The van der Waals surface area contributed by atoms with E-state index in [2.05, 4.69) is 0 Å². The summed E-state index contributed by atoms with van der Waals surface area (Å²) in [5.41, 5.74) is 0. The lowest BCUT2D eigenvalue weighted by Crippen LogP contribution is -2.49. The molecule has 0 aromatic heterocycles. The Morgan fingerprint density at radius 3 is 2.50 bits per heavy atom. The zero-order chi connectivity index (χ0) is 13.0. The molecule has 1 heterocycles. The van der Waals surface area contributed by atoms with Gasteiger partial charge in [0, 0.05) is 13.1 Å². The maximum Gasteiger partial charge on any atom is 0.260 e. The number of ether oxygens (including phenoxy) is 2. The van der Waals surface area contributed by atoms with Crippen LogP contribution in [0.15, 0.2) is 30.3 Å². The average Bonchev–Trinajstić information content (AvgIpc) is 2.36. The quantitative estimate of drug-likeness (QED) is 0.818. The molecule has 1 amide bonds. The number of rotatable bonds is 3. The molecule has 98 valence electrons. The fourth-order valence-electron chi connectivity index (χ4n) is 2.13. The van der Waals surface area contributed by atoms with Crippen molar-refractivity contribution in [2.24, 2.45) is 0 Å². The van der Waals surface area contributed by atoms with Gasteiger partial charge < -0.3 is 14.4 Å². The predicted molar refractivity (Wildman–Crippen MR) is 68.5 cm³/mol. The van der Waals surface area contributed by atoms with E-state index in [1.54, 1.807) is 0 Å². The molecule has 0 saturated carbocycles. The van der Waals surface area contributed by atoms with Gasteiger partial charge in [-0.3, -0.25) is 4.79 Å². The number of nitrogens with zero attached hydrogens (tertiary/aromatic N) is 1. The van der Waals surface area contributed by atoms with Crippen LogP contribution in [0.5, 0.6) is 5.75 Å². The van der Waals surface area contributed by atoms with Gasteiger partial charge in [0.05, 0.1) is 12.2 Å². The van der Waals surface area contributed by atoms with Crippen LogP contribution in [-0.4, -0.2) is 42.7 Å². The van der Waals surface area contributed by atoms with Crippen molar-refractivity contribution < 1.29 is 14.3 Å². The zero-order valence-corrected chi connectivity index (χ0v) is 10.8. The third-order valence-corrected chi connectivity index (χ3v) is 2.88. The van der Waals surface area contributed by atoms with Gasteiger partial charge in [-0.2, -0.15) is 0 Å². The Kier molecular flexibility index (Phi) is 4.20. The highest BCUT2D eigenvalue weighted by Crippen LogP contribution is 2.12. The number of amides is 1. The van der Waals surface area contributed by atoms with Crippen molar-refractivity contribution >= 4 is 5.91 Å². The van der Waals surface area contributed by atoms with Gasteiger partial charge in [-0.1, -0.05) is 18.2 Å². The first-order valence-corrected chi connectivity index (χ1v) is 6.26. The first-order chi connectivity index (χ1) is 8.65. The van der Waals surface area contributed by atoms with Gasteiger partial charge in [0.15, 0.2) is 6.61 Å². The molecule has 1 aliphatic heterocycles. The summed E-state index contributed by atoms with van der Waals surface area (Å²) in [6.45, 7) is 5.33. The van der Waals surface area contributed by atoms with Crippen LogP contribution in [0.25, 0.3) is 0 Å². The van der Waals surface area contributed by atoms with E-state index in [0.717, 1.165) is 5.75 Å². The molecule has 2 atom stereocenters. The van der Waals surface area contributed by atoms with Crippen LogP contribution in [0, 0.1) is 0 Å². The van der Waals surface area contributed by atoms with Gasteiger partial charge in [0.2, 0.25) is 0 Å². The molecule has 0 spiro atoms. The lowest BCUT2D eigenvalue weighted by molar-refractivity contribution is -0.145. The van der Waals surface area contributed by atoms with E-state index in [0.29, 0.717) is 13.1 Å². The lowest BCUT2D eigenvalue weighted by Gasteiger charge is -2.35. The Hall–Kier alpha value is -1.55. The average molecular weight is 249 g/mol. The molecule has 0 aliphatic carbocycles. The Bertz CT molecular complexity index is 383. The van der Waals surface area contributed by atoms with Crippen LogP contribution in [0.1, 0.15) is 13.8 Å². The summed E-state index contributed by atoms with van der Waals surface area (Å²) in [5.74, 6) is 0.737. The monoisotopic (exact) mass is 249 g/mol. The molecule has 18 heavy (non-hydrogen) atoms. The minimum atomic E-state index is 0.0147. The summed E-state index contributed by atoms with van der Waals surface area (Å²) >= 11 is 0. The second-order valence-electron chi connectivity index (χ2n) is 4.66. The summed E-state index contributed by atoms with van der Waals surface area (Å²) < 4.78 is 11.1. The number of hydrogen-bond acceptors (Lipinski definition) is 3. The standard InChI is InChI=1S/C14H19NO3/c1-11-8-15(9-12(2)18-11)14(16)10-17-13-6-4-3-5-7-13/h3-7,11-12H,8-10H2,1-2H3/t11-,12+. The largest absolute Gasteiger partial charge is 0.484 e. The minimum Gasteiger partial charge on any atom is -0.484 e. The van der Waals surface area contributed by atoms with Crippen molar-refractivity contribution in [2.45, 2.75) is 26.1 Å². The van der Waals surface area contributed by atoms with E-state index in [9.17, 15) is 4.79 Å². The summed E-state index contributed by atoms with van der Waals surface area (Å²) in [5, 5.41) is 0. The maximum absolute atomic E-state index is 12.0. The molecule has 1 saturated heterocycles. The van der Waals surface area contributed by atoms with Crippen molar-refractivity contribution in [1.29, 1.82) is 0 Å². The smallest absolute Gasteiger partial charge is 0.260 e. The number of carbonyl (C=O) groups excluding carboxylic acids is 1. The molecule has 0 radical (unpaired) electrons. The number of para-hydroxylation sites is 1. The van der Waals surface area contributed by atoms with Crippen LogP contribution in [0.2, 0.25) is 0 Å². The number of carbonyl (C=O) groups is 1. The normalized spacial score (nSPS) is 23.8. The minimum absolute atomic E-state index is 0.0147. The first-order valence-electron chi connectivity index (χ1n) is 6.26. The van der Waals surface area contributed by atoms with E-state index in [1.165, 1.54) is 0 Å². The van der Waals surface area contributed by atoms with Gasteiger partial charge in [-0.05, 0) is 26.0 Å². The molecule has 4 heteroatoms. The number of benzene rings is 1. The fraction of sp³-hybridized carbons (Fsp3) is 0.500. The molecule has 1 aliphatic rings. The van der Waals surface area contributed by atoms with Gasteiger partial charge in [-0.25, -0.2) is 0 Å². The lowest BCUT2D eigenvalue weighted by atomic mass is 10.2. The molecule has 0 N–H and O–H groups in total. The summed E-state index contributed by atoms with van der Waals surface area (Å²) in [4.78, 5) is 13.8. The molecule has 4 nitrogen and oxygen atoms in total. The van der Waals surface area contributed by atoms with E-state index in [4.69, 9.17) is 9.47 Å². The molecular formula is C14H19NO3. The van der Waals surface area contributed by atoms with Crippen LogP contribution < -0.4 is 4.74 Å². The van der Waals surface area contributed by atoms with Crippen LogP contribution in [0.3, 0.4) is 0 Å². The van der Waals surface area contributed by atoms with Gasteiger partial charge >= 0.3 is 0 Å². The molecule has 1 aromatic rings. The second-order valence-corrected chi connectivity index (χ2v) is 4.66. The van der Waals surface area contributed by atoms with Gasteiger partial charge in [-0.15, -0.1) is 0 Å². The Morgan fingerprint density at radius 1 is 1.28 bits per heavy atom. The highest BCUT2D eigenvalue weighted by molar-refractivity contribution is 5.78. The second kappa shape index (κ2) is 5.87. The summed E-state index contributed by atoms with van der Waals surface area (Å²) in [6, 6.07) is 9.38. The molecular weight excluding hydrogens is 230 g/mol. The first kappa shape index (κ1) is 12.9. The van der Waals surface area contributed by atoms with Crippen molar-refractivity contribution in [3.8, 4) is 5.75 Å². The highest BCUT2D eigenvalue weighted by atomic mass is 16.5. The molecule has 1 fully saturated rings. The van der Waals surface area contributed by atoms with Crippen LogP contribution >= 0.6 is 0 Å². The zero-order valence-electron chi connectivity index (χ0n) is 10.8. The third kappa shape index (κ3) is 3.47. The Labute approximate surface area is 107 Å². The molecule has 2 rings (SSSR count). The maximum atomic E-state index is 12.0. The molecule has 1 aromatic carbocycles. The van der Waals surface area contributed by atoms with Crippen molar-refractivity contribution in [3.63, 3.8) is 0 Å². The summed E-state index contributed by atoms with van der Waals surface area (Å²) in [6.07, 6.45) is 0.184. The third-order valence-electron chi connectivity index (χ3n) is 2.88. The predicted octanol–water partition coefficient (Wildman–Crippen LogP) is 1.70.